The van der Waals surface area contributed by atoms with Gasteiger partial charge >= 0.3 is 0 Å². The molecule has 0 amide bonds. The molecule has 0 fully saturated rings. The molecule has 0 aliphatic heterocycles. The summed E-state index contributed by atoms with van der Waals surface area (Å²) in [6.45, 7) is 10.4. The van der Waals surface area contributed by atoms with Crippen molar-refractivity contribution in [3.63, 3.8) is 0 Å². The van der Waals surface area contributed by atoms with Gasteiger partial charge in [-0.3, -0.25) is 0 Å². The first-order valence-corrected chi connectivity index (χ1v) is 2.97. The standard InChI is InChI=1S/C8H13NO/c1-5(2)8(9)6(3)7(4)10/h10H,1,4,9H2,2-3H3/b8-6+. The Morgan fingerprint density at radius 2 is 1.70 bits per heavy atom. The third kappa shape index (κ3) is 1.97. The van der Waals surface area contributed by atoms with Gasteiger partial charge in [0.2, 0.25) is 0 Å². The van der Waals surface area contributed by atoms with Crippen LogP contribution in [0.25, 0.3) is 0 Å². The van der Waals surface area contributed by atoms with E-state index in [4.69, 9.17) is 10.8 Å². The van der Waals surface area contributed by atoms with E-state index in [9.17, 15) is 0 Å². The van der Waals surface area contributed by atoms with Crippen LogP contribution in [-0.4, -0.2) is 5.11 Å². The molecule has 0 unspecified atom stereocenters. The molecule has 0 aromatic heterocycles. The minimum atomic E-state index is 0.000463. The monoisotopic (exact) mass is 139 g/mol. The lowest BCUT2D eigenvalue weighted by atomic mass is 10.1. The predicted molar refractivity (Wildman–Crippen MR) is 43.5 cm³/mol. The topological polar surface area (TPSA) is 46.2 Å². The zero-order chi connectivity index (χ0) is 8.31. The maximum absolute atomic E-state index is 8.87. The molecule has 3 N–H and O–H groups in total. The minimum absolute atomic E-state index is 0.000463. The Morgan fingerprint density at radius 1 is 1.30 bits per heavy atom. The van der Waals surface area contributed by atoms with E-state index in [0.717, 1.165) is 5.57 Å². The van der Waals surface area contributed by atoms with Crippen molar-refractivity contribution < 1.29 is 5.11 Å². The average molecular weight is 139 g/mol. The fraction of sp³-hybridized carbons (Fsp3) is 0.250. The number of rotatable bonds is 2. The van der Waals surface area contributed by atoms with Crippen molar-refractivity contribution in [2.75, 3.05) is 0 Å². The van der Waals surface area contributed by atoms with E-state index in [1.54, 1.807) is 13.8 Å². The Morgan fingerprint density at radius 3 is 1.80 bits per heavy atom. The molecule has 0 aromatic carbocycles. The highest BCUT2D eigenvalue weighted by molar-refractivity contribution is 5.35. The summed E-state index contributed by atoms with van der Waals surface area (Å²) in [5.41, 5.74) is 7.36. The van der Waals surface area contributed by atoms with Gasteiger partial charge < -0.3 is 10.8 Å². The Labute approximate surface area is 61.4 Å². The van der Waals surface area contributed by atoms with Crippen LogP contribution in [0.1, 0.15) is 13.8 Å². The second kappa shape index (κ2) is 3.11. The van der Waals surface area contributed by atoms with Gasteiger partial charge in [0.25, 0.3) is 0 Å². The lowest BCUT2D eigenvalue weighted by Gasteiger charge is -2.04. The van der Waals surface area contributed by atoms with E-state index in [2.05, 4.69) is 13.2 Å². The average Bonchev–Trinajstić information content (AvgIpc) is 1.84. The van der Waals surface area contributed by atoms with Crippen LogP contribution >= 0.6 is 0 Å². The van der Waals surface area contributed by atoms with Crippen molar-refractivity contribution in [3.05, 3.63) is 35.8 Å². The van der Waals surface area contributed by atoms with Crippen LogP contribution in [0.5, 0.6) is 0 Å². The first-order chi connectivity index (χ1) is 4.46. The van der Waals surface area contributed by atoms with Crippen molar-refractivity contribution in [1.29, 1.82) is 0 Å². The van der Waals surface area contributed by atoms with E-state index in [0.29, 0.717) is 11.3 Å². The van der Waals surface area contributed by atoms with Crippen LogP contribution < -0.4 is 5.73 Å². The molecule has 2 nitrogen and oxygen atoms in total. The SMILES string of the molecule is C=C(O)/C(C)=C(/N)C(=C)C. The first-order valence-electron chi connectivity index (χ1n) is 2.97. The third-order valence-corrected chi connectivity index (χ3v) is 1.30. The smallest absolute Gasteiger partial charge is 0.113 e. The fourth-order valence-corrected chi connectivity index (χ4v) is 0.476. The summed E-state index contributed by atoms with van der Waals surface area (Å²) >= 11 is 0. The van der Waals surface area contributed by atoms with Gasteiger partial charge in [0.15, 0.2) is 0 Å². The largest absolute Gasteiger partial charge is 0.508 e. The normalized spacial score (nSPS) is 12.2. The van der Waals surface area contributed by atoms with Gasteiger partial charge in [0.05, 0.1) is 0 Å². The van der Waals surface area contributed by atoms with E-state index < -0.39 is 0 Å². The number of hydrogen-bond donors (Lipinski definition) is 2. The van der Waals surface area contributed by atoms with E-state index >= 15 is 0 Å². The summed E-state index contributed by atoms with van der Waals surface area (Å²) in [6.07, 6.45) is 0. The van der Waals surface area contributed by atoms with Gasteiger partial charge in [-0.25, -0.2) is 0 Å². The highest BCUT2D eigenvalue weighted by Gasteiger charge is 1.99. The molecule has 0 bridgehead atoms. The molecule has 10 heavy (non-hydrogen) atoms. The van der Waals surface area contributed by atoms with Crippen molar-refractivity contribution in [3.8, 4) is 0 Å². The molecule has 0 aromatic rings. The van der Waals surface area contributed by atoms with Crippen LogP contribution in [0, 0.1) is 0 Å². The highest BCUT2D eigenvalue weighted by atomic mass is 16.3. The van der Waals surface area contributed by atoms with E-state index in [1.165, 1.54) is 0 Å². The number of aliphatic hydroxyl groups is 1. The van der Waals surface area contributed by atoms with Gasteiger partial charge in [-0.2, -0.15) is 0 Å². The summed E-state index contributed by atoms with van der Waals surface area (Å²) in [5, 5.41) is 8.87. The molecule has 0 aliphatic carbocycles. The molecular weight excluding hydrogens is 126 g/mol. The second-order valence-electron chi connectivity index (χ2n) is 2.27. The number of nitrogens with two attached hydrogens (primary N) is 1. The second-order valence-corrected chi connectivity index (χ2v) is 2.27. The van der Waals surface area contributed by atoms with Crippen molar-refractivity contribution >= 4 is 0 Å². The number of hydrogen-bond acceptors (Lipinski definition) is 2. The lowest BCUT2D eigenvalue weighted by molar-refractivity contribution is 0.425. The molecule has 0 radical (unpaired) electrons. The first kappa shape index (κ1) is 8.82. The Bertz CT molecular complexity index is 179. The minimum Gasteiger partial charge on any atom is -0.508 e. The van der Waals surface area contributed by atoms with Gasteiger partial charge in [-0.15, -0.1) is 0 Å². The van der Waals surface area contributed by atoms with Gasteiger partial charge in [0.1, 0.15) is 5.76 Å². The molecular formula is C8H13NO. The summed E-state index contributed by atoms with van der Waals surface area (Å²) < 4.78 is 0. The number of aliphatic hydroxyl groups excluding tert-OH is 1. The highest BCUT2D eigenvalue weighted by Crippen LogP contribution is 2.10. The van der Waals surface area contributed by atoms with Gasteiger partial charge in [0, 0.05) is 11.3 Å². The Balaban J connectivity index is 4.67. The molecule has 0 aliphatic rings. The molecule has 0 atom stereocenters. The Kier molecular flexibility index (Phi) is 2.74. The molecule has 0 rings (SSSR count). The zero-order valence-electron chi connectivity index (χ0n) is 6.44. The Hall–Kier alpha value is -1.18. The zero-order valence-corrected chi connectivity index (χ0v) is 6.44. The molecule has 0 saturated heterocycles. The predicted octanol–water partition coefficient (Wildman–Crippen LogP) is 1.87. The lowest BCUT2D eigenvalue weighted by Crippen LogP contribution is -2.02. The maximum atomic E-state index is 8.87. The molecule has 2 heteroatoms. The maximum Gasteiger partial charge on any atom is 0.113 e. The van der Waals surface area contributed by atoms with Crippen LogP contribution in [0.4, 0.5) is 0 Å². The quantitative estimate of drug-likeness (QED) is 0.453. The summed E-state index contributed by atoms with van der Waals surface area (Å²) in [7, 11) is 0. The van der Waals surface area contributed by atoms with E-state index in [-0.39, 0.29) is 5.76 Å². The number of allylic oxidation sites excluding steroid dienone is 2. The summed E-state index contributed by atoms with van der Waals surface area (Å²) in [5.74, 6) is 0.000463. The summed E-state index contributed by atoms with van der Waals surface area (Å²) in [6, 6.07) is 0. The van der Waals surface area contributed by atoms with Crippen molar-refractivity contribution in [1.82, 2.24) is 0 Å². The van der Waals surface area contributed by atoms with Crippen LogP contribution in [0.15, 0.2) is 35.8 Å². The van der Waals surface area contributed by atoms with Crippen molar-refractivity contribution in [2.24, 2.45) is 5.73 Å². The van der Waals surface area contributed by atoms with Gasteiger partial charge in [-0.1, -0.05) is 13.2 Å². The molecule has 0 spiro atoms. The van der Waals surface area contributed by atoms with Crippen LogP contribution in [0.3, 0.4) is 0 Å². The van der Waals surface area contributed by atoms with E-state index in [1.807, 2.05) is 0 Å². The third-order valence-electron chi connectivity index (χ3n) is 1.30. The molecule has 56 valence electrons. The van der Waals surface area contributed by atoms with Crippen LogP contribution in [-0.2, 0) is 0 Å². The van der Waals surface area contributed by atoms with Crippen molar-refractivity contribution in [2.45, 2.75) is 13.8 Å². The fourth-order valence-electron chi connectivity index (χ4n) is 0.476. The van der Waals surface area contributed by atoms with Crippen LogP contribution in [0.2, 0.25) is 0 Å². The molecule has 0 saturated carbocycles. The summed E-state index contributed by atoms with van der Waals surface area (Å²) in [4.78, 5) is 0. The molecule has 0 heterocycles. The van der Waals surface area contributed by atoms with Gasteiger partial charge in [-0.05, 0) is 19.4 Å².